The molecule has 0 bridgehead atoms. The van der Waals surface area contributed by atoms with E-state index >= 15 is 0 Å². The molecule has 5 heteroatoms. The minimum absolute atomic E-state index is 0.0828. The van der Waals surface area contributed by atoms with Crippen molar-refractivity contribution in [1.82, 2.24) is 10.6 Å². The smallest absolute Gasteiger partial charge is 0.239 e. The summed E-state index contributed by atoms with van der Waals surface area (Å²) in [7, 11) is 0. The number of anilines is 1. The summed E-state index contributed by atoms with van der Waals surface area (Å²) in [6, 6.07) is 7.88. The third-order valence-electron chi connectivity index (χ3n) is 2.23. The summed E-state index contributed by atoms with van der Waals surface area (Å²) in [4.78, 5) is 11.6. The summed E-state index contributed by atoms with van der Waals surface area (Å²) < 4.78 is 0. The zero-order chi connectivity index (χ0) is 14.5. The Morgan fingerprint density at radius 2 is 1.79 bits per heavy atom. The summed E-state index contributed by atoms with van der Waals surface area (Å²) in [5.41, 5.74) is 1.86. The number of amides is 1. The van der Waals surface area contributed by atoms with Crippen molar-refractivity contribution in [3.8, 4) is 0 Å². The van der Waals surface area contributed by atoms with Crippen LogP contribution in [0.1, 0.15) is 26.3 Å². The van der Waals surface area contributed by atoms with Crippen LogP contribution < -0.4 is 16.0 Å². The molecule has 0 saturated carbocycles. The quantitative estimate of drug-likeness (QED) is 0.743. The van der Waals surface area contributed by atoms with Crippen molar-refractivity contribution in [2.45, 2.75) is 33.2 Å². The molecule has 1 aromatic carbocycles. The van der Waals surface area contributed by atoms with Crippen molar-refractivity contribution in [2.24, 2.45) is 0 Å². The van der Waals surface area contributed by atoms with Crippen LogP contribution in [0.4, 0.5) is 5.69 Å². The van der Waals surface area contributed by atoms with E-state index in [1.54, 1.807) is 0 Å². The molecule has 0 atom stereocenters. The normalized spacial score (nSPS) is 10.7. The molecule has 1 aromatic rings. The zero-order valence-electron chi connectivity index (χ0n) is 11.8. The van der Waals surface area contributed by atoms with Gasteiger partial charge in [-0.25, -0.2) is 0 Å². The first kappa shape index (κ1) is 15.4. The predicted octanol–water partition coefficient (Wildman–Crippen LogP) is 2.20. The maximum atomic E-state index is 11.6. The van der Waals surface area contributed by atoms with Crippen LogP contribution >= 0.6 is 12.2 Å². The van der Waals surface area contributed by atoms with Gasteiger partial charge in [0.25, 0.3) is 0 Å². The number of carbonyl (C=O) groups is 1. The third-order valence-corrected chi connectivity index (χ3v) is 2.48. The standard InChI is InChI=1S/C14H21N3OS/c1-10-5-7-11(8-6-10)16-13(19)15-9-12(18)17-14(2,3)4/h5-8H,9H2,1-4H3,(H,17,18)(H2,15,16,19). The van der Waals surface area contributed by atoms with E-state index in [1.165, 1.54) is 5.56 Å². The summed E-state index contributed by atoms with van der Waals surface area (Å²) >= 11 is 5.13. The highest BCUT2D eigenvalue weighted by Crippen LogP contribution is 2.08. The van der Waals surface area contributed by atoms with Crippen molar-refractivity contribution < 1.29 is 4.79 Å². The second kappa shape index (κ2) is 6.52. The van der Waals surface area contributed by atoms with E-state index in [-0.39, 0.29) is 18.0 Å². The van der Waals surface area contributed by atoms with Gasteiger partial charge >= 0.3 is 0 Å². The first-order valence-corrected chi connectivity index (χ1v) is 6.59. The van der Waals surface area contributed by atoms with E-state index < -0.39 is 0 Å². The molecule has 0 radical (unpaired) electrons. The Balaban J connectivity index is 2.36. The molecule has 0 aliphatic heterocycles. The molecule has 0 heterocycles. The van der Waals surface area contributed by atoms with E-state index in [4.69, 9.17) is 12.2 Å². The molecule has 0 aromatic heterocycles. The van der Waals surface area contributed by atoms with Gasteiger partial charge in [0.2, 0.25) is 5.91 Å². The van der Waals surface area contributed by atoms with Crippen LogP contribution in [0.15, 0.2) is 24.3 Å². The monoisotopic (exact) mass is 279 g/mol. The van der Waals surface area contributed by atoms with Gasteiger partial charge in [-0.15, -0.1) is 0 Å². The van der Waals surface area contributed by atoms with Gasteiger partial charge in [0, 0.05) is 11.2 Å². The Kier molecular flexibility index (Phi) is 5.30. The fourth-order valence-corrected chi connectivity index (χ4v) is 1.63. The number of nitrogens with one attached hydrogen (secondary N) is 3. The van der Waals surface area contributed by atoms with Crippen molar-refractivity contribution >= 4 is 28.9 Å². The number of benzene rings is 1. The van der Waals surface area contributed by atoms with Crippen molar-refractivity contribution in [1.29, 1.82) is 0 Å². The summed E-state index contributed by atoms with van der Waals surface area (Å²) in [5, 5.41) is 9.20. The number of carbonyl (C=O) groups excluding carboxylic acids is 1. The van der Waals surface area contributed by atoms with Gasteiger partial charge < -0.3 is 16.0 Å². The highest BCUT2D eigenvalue weighted by molar-refractivity contribution is 7.80. The molecule has 0 spiro atoms. The second-order valence-corrected chi connectivity index (χ2v) is 5.88. The van der Waals surface area contributed by atoms with Gasteiger partial charge in [-0.3, -0.25) is 4.79 Å². The molecule has 4 nitrogen and oxygen atoms in total. The first-order chi connectivity index (χ1) is 8.76. The number of thiocarbonyl (C=S) groups is 1. The molecule has 0 fully saturated rings. The van der Waals surface area contributed by atoms with Crippen molar-refractivity contribution in [3.63, 3.8) is 0 Å². The Hall–Kier alpha value is -1.62. The van der Waals surface area contributed by atoms with Gasteiger partial charge in [0.1, 0.15) is 0 Å². The fraction of sp³-hybridized carbons (Fsp3) is 0.429. The van der Waals surface area contributed by atoms with Gasteiger partial charge in [-0.2, -0.15) is 0 Å². The highest BCUT2D eigenvalue weighted by atomic mass is 32.1. The number of rotatable bonds is 3. The van der Waals surface area contributed by atoms with E-state index in [2.05, 4.69) is 16.0 Å². The van der Waals surface area contributed by atoms with Crippen LogP contribution in [0.5, 0.6) is 0 Å². The zero-order valence-corrected chi connectivity index (χ0v) is 12.6. The Labute approximate surface area is 120 Å². The number of aryl methyl sites for hydroxylation is 1. The average Bonchev–Trinajstić information content (AvgIpc) is 2.27. The lowest BCUT2D eigenvalue weighted by Crippen LogP contribution is -2.46. The van der Waals surface area contributed by atoms with Crippen LogP contribution in [0, 0.1) is 6.92 Å². The van der Waals surface area contributed by atoms with E-state index in [1.807, 2.05) is 52.0 Å². The van der Waals surface area contributed by atoms with E-state index in [0.717, 1.165) is 5.69 Å². The topological polar surface area (TPSA) is 53.2 Å². The van der Waals surface area contributed by atoms with E-state index in [9.17, 15) is 4.79 Å². The molecule has 3 N–H and O–H groups in total. The van der Waals surface area contributed by atoms with Gasteiger partial charge in [0.05, 0.1) is 6.54 Å². The maximum absolute atomic E-state index is 11.6. The molecule has 0 aliphatic carbocycles. The largest absolute Gasteiger partial charge is 0.353 e. The van der Waals surface area contributed by atoms with Crippen LogP contribution in [0.3, 0.4) is 0 Å². The third kappa shape index (κ3) is 6.76. The maximum Gasteiger partial charge on any atom is 0.239 e. The van der Waals surface area contributed by atoms with Crippen molar-refractivity contribution in [3.05, 3.63) is 29.8 Å². The van der Waals surface area contributed by atoms with Crippen LogP contribution in [0.25, 0.3) is 0 Å². The van der Waals surface area contributed by atoms with Gasteiger partial charge in [-0.1, -0.05) is 17.7 Å². The SMILES string of the molecule is Cc1ccc(NC(=S)NCC(=O)NC(C)(C)C)cc1. The Bertz CT molecular complexity index is 449. The molecular weight excluding hydrogens is 258 g/mol. The molecule has 1 amide bonds. The number of hydrogen-bond acceptors (Lipinski definition) is 2. The summed E-state index contributed by atoms with van der Waals surface area (Å²) in [6.07, 6.45) is 0. The Morgan fingerprint density at radius 3 is 2.32 bits per heavy atom. The first-order valence-electron chi connectivity index (χ1n) is 6.19. The second-order valence-electron chi connectivity index (χ2n) is 5.47. The van der Waals surface area contributed by atoms with E-state index in [0.29, 0.717) is 5.11 Å². The Morgan fingerprint density at radius 1 is 1.21 bits per heavy atom. The summed E-state index contributed by atoms with van der Waals surface area (Å²) in [5.74, 6) is -0.0828. The fourth-order valence-electron chi connectivity index (χ4n) is 1.44. The molecule has 104 valence electrons. The minimum Gasteiger partial charge on any atom is -0.353 e. The minimum atomic E-state index is -0.231. The summed E-state index contributed by atoms with van der Waals surface area (Å²) in [6.45, 7) is 8.00. The lowest BCUT2D eigenvalue weighted by atomic mass is 10.1. The molecule has 0 unspecified atom stereocenters. The highest BCUT2D eigenvalue weighted by Gasteiger charge is 2.13. The lowest BCUT2D eigenvalue weighted by molar-refractivity contribution is -0.121. The molecule has 1 rings (SSSR count). The molecular formula is C14H21N3OS. The van der Waals surface area contributed by atoms with Crippen LogP contribution in [-0.2, 0) is 4.79 Å². The average molecular weight is 279 g/mol. The molecule has 19 heavy (non-hydrogen) atoms. The molecule has 0 aliphatic rings. The van der Waals surface area contributed by atoms with Crippen LogP contribution in [-0.4, -0.2) is 23.1 Å². The van der Waals surface area contributed by atoms with Crippen LogP contribution in [0.2, 0.25) is 0 Å². The predicted molar refractivity (Wildman–Crippen MR) is 83.3 cm³/mol. The molecule has 0 saturated heterocycles. The lowest BCUT2D eigenvalue weighted by Gasteiger charge is -2.21. The van der Waals surface area contributed by atoms with Gasteiger partial charge in [-0.05, 0) is 52.0 Å². The van der Waals surface area contributed by atoms with Gasteiger partial charge in [0.15, 0.2) is 5.11 Å². The van der Waals surface area contributed by atoms with Crippen molar-refractivity contribution in [2.75, 3.05) is 11.9 Å². The number of hydrogen-bond donors (Lipinski definition) is 3.